The van der Waals surface area contributed by atoms with E-state index in [2.05, 4.69) is 15.3 Å². The minimum atomic E-state index is -0.0803. The Balaban J connectivity index is 1.75. The summed E-state index contributed by atoms with van der Waals surface area (Å²) in [5.74, 6) is -0.0803. The van der Waals surface area contributed by atoms with Crippen LogP contribution in [0.15, 0.2) is 42.7 Å². The predicted molar refractivity (Wildman–Crippen MR) is 84.6 cm³/mol. The van der Waals surface area contributed by atoms with Crippen LogP contribution < -0.4 is 5.32 Å². The molecule has 1 amide bonds. The summed E-state index contributed by atoms with van der Waals surface area (Å²) in [7, 11) is 0. The molecule has 5 heteroatoms. The first-order valence-corrected chi connectivity index (χ1v) is 6.98. The minimum absolute atomic E-state index is 0.0803. The average Bonchev–Trinajstić information content (AvgIpc) is 2.86. The Hall–Kier alpha value is -2.33. The van der Waals surface area contributed by atoms with Crippen molar-refractivity contribution in [3.05, 3.63) is 59.0 Å². The number of aryl methyl sites for hydroxylation is 1. The van der Waals surface area contributed by atoms with Gasteiger partial charge in [0.2, 0.25) is 5.91 Å². The molecular formula is C16H14ClN3O. The maximum Gasteiger partial charge on any atom is 0.228 e. The van der Waals surface area contributed by atoms with Crippen LogP contribution in [0.1, 0.15) is 11.1 Å². The minimum Gasteiger partial charge on any atom is -0.361 e. The van der Waals surface area contributed by atoms with E-state index in [0.717, 1.165) is 22.0 Å². The third-order valence-electron chi connectivity index (χ3n) is 3.32. The number of carbonyl (C=O) groups is 1. The van der Waals surface area contributed by atoms with Crippen molar-refractivity contribution in [1.82, 2.24) is 9.97 Å². The predicted octanol–water partition coefficient (Wildman–Crippen LogP) is 3.71. The molecule has 2 N–H and O–H groups in total. The van der Waals surface area contributed by atoms with Gasteiger partial charge in [0.25, 0.3) is 0 Å². The summed E-state index contributed by atoms with van der Waals surface area (Å²) >= 11 is 5.87. The summed E-state index contributed by atoms with van der Waals surface area (Å²) in [6.07, 6.45) is 3.74. The molecule has 21 heavy (non-hydrogen) atoms. The molecule has 0 fully saturated rings. The molecule has 4 nitrogen and oxygen atoms in total. The van der Waals surface area contributed by atoms with Crippen LogP contribution in [0.5, 0.6) is 0 Å². The van der Waals surface area contributed by atoms with Gasteiger partial charge in [0.05, 0.1) is 18.3 Å². The molecule has 1 aromatic carbocycles. The molecule has 3 aromatic rings. The normalized spacial score (nSPS) is 10.8. The van der Waals surface area contributed by atoms with Crippen molar-refractivity contribution in [3.63, 3.8) is 0 Å². The van der Waals surface area contributed by atoms with Crippen LogP contribution in [0.3, 0.4) is 0 Å². The lowest BCUT2D eigenvalue weighted by atomic mass is 10.1. The molecule has 0 atom stereocenters. The van der Waals surface area contributed by atoms with Crippen molar-refractivity contribution in [3.8, 4) is 0 Å². The molecule has 0 aliphatic heterocycles. The van der Waals surface area contributed by atoms with Crippen molar-refractivity contribution >= 4 is 34.1 Å². The highest BCUT2D eigenvalue weighted by Crippen LogP contribution is 2.19. The maximum absolute atomic E-state index is 12.1. The van der Waals surface area contributed by atoms with E-state index in [0.29, 0.717) is 17.3 Å². The fourth-order valence-corrected chi connectivity index (χ4v) is 2.39. The van der Waals surface area contributed by atoms with E-state index < -0.39 is 0 Å². The summed E-state index contributed by atoms with van der Waals surface area (Å²) in [5.41, 5.74) is 3.49. The van der Waals surface area contributed by atoms with Gasteiger partial charge < -0.3 is 10.3 Å². The topological polar surface area (TPSA) is 57.8 Å². The molecule has 0 unspecified atom stereocenters. The number of nitrogens with zero attached hydrogens (tertiary/aromatic N) is 1. The highest BCUT2D eigenvalue weighted by Gasteiger charge is 2.09. The zero-order chi connectivity index (χ0) is 14.8. The fourth-order valence-electron chi connectivity index (χ4n) is 2.28. The van der Waals surface area contributed by atoms with E-state index in [9.17, 15) is 4.79 Å². The van der Waals surface area contributed by atoms with Gasteiger partial charge in [-0.25, -0.2) is 4.98 Å². The summed E-state index contributed by atoms with van der Waals surface area (Å²) < 4.78 is 0. The summed E-state index contributed by atoms with van der Waals surface area (Å²) in [4.78, 5) is 19.3. The number of hydrogen-bond acceptors (Lipinski definition) is 2. The summed E-state index contributed by atoms with van der Waals surface area (Å²) in [6, 6.07) is 9.73. The zero-order valence-corrected chi connectivity index (χ0v) is 12.2. The standard InChI is InChI=1S/C16H14ClN3O/c1-10-6-12(9-19-16(10)17)20-15(21)7-11-8-18-14-5-3-2-4-13(11)14/h2-6,8-9,18H,7H2,1H3,(H,20,21). The van der Waals surface area contributed by atoms with Gasteiger partial charge in [-0.2, -0.15) is 0 Å². The van der Waals surface area contributed by atoms with Crippen molar-refractivity contribution in [2.75, 3.05) is 5.32 Å². The van der Waals surface area contributed by atoms with Crippen LogP contribution in [-0.4, -0.2) is 15.9 Å². The molecule has 0 bridgehead atoms. The molecule has 0 saturated carbocycles. The van der Waals surface area contributed by atoms with Gasteiger partial charge in [0, 0.05) is 17.1 Å². The third kappa shape index (κ3) is 2.90. The Morgan fingerprint density at radius 1 is 1.38 bits per heavy atom. The molecule has 0 spiro atoms. The lowest BCUT2D eigenvalue weighted by molar-refractivity contribution is -0.115. The molecule has 2 heterocycles. The second-order valence-electron chi connectivity index (χ2n) is 4.92. The number of carbonyl (C=O) groups excluding carboxylic acids is 1. The highest BCUT2D eigenvalue weighted by atomic mass is 35.5. The van der Waals surface area contributed by atoms with Crippen molar-refractivity contribution in [1.29, 1.82) is 0 Å². The number of benzene rings is 1. The number of H-pyrrole nitrogens is 1. The Kier molecular flexibility index (Phi) is 3.62. The maximum atomic E-state index is 12.1. The van der Waals surface area contributed by atoms with Gasteiger partial charge in [-0.1, -0.05) is 29.8 Å². The number of aromatic amines is 1. The van der Waals surface area contributed by atoms with Crippen LogP contribution in [0.25, 0.3) is 10.9 Å². The van der Waals surface area contributed by atoms with E-state index in [-0.39, 0.29) is 5.91 Å². The number of pyridine rings is 1. The molecule has 3 rings (SSSR count). The van der Waals surface area contributed by atoms with E-state index in [4.69, 9.17) is 11.6 Å². The lowest BCUT2D eigenvalue weighted by Crippen LogP contribution is -2.14. The Bertz CT molecular complexity index is 810. The number of nitrogens with one attached hydrogen (secondary N) is 2. The van der Waals surface area contributed by atoms with Gasteiger partial charge in [0.15, 0.2) is 0 Å². The summed E-state index contributed by atoms with van der Waals surface area (Å²) in [6.45, 7) is 1.85. The number of amides is 1. The van der Waals surface area contributed by atoms with Gasteiger partial charge in [-0.3, -0.25) is 4.79 Å². The summed E-state index contributed by atoms with van der Waals surface area (Å²) in [5, 5.41) is 4.36. The number of anilines is 1. The van der Waals surface area contributed by atoms with Crippen molar-refractivity contribution < 1.29 is 4.79 Å². The number of halogens is 1. The first-order chi connectivity index (χ1) is 10.1. The first-order valence-electron chi connectivity index (χ1n) is 6.60. The monoisotopic (exact) mass is 299 g/mol. The third-order valence-corrected chi connectivity index (χ3v) is 3.72. The molecule has 0 saturated heterocycles. The molecule has 0 aliphatic carbocycles. The molecule has 106 valence electrons. The molecular weight excluding hydrogens is 286 g/mol. The largest absolute Gasteiger partial charge is 0.361 e. The van der Waals surface area contributed by atoms with E-state index >= 15 is 0 Å². The van der Waals surface area contributed by atoms with Crippen molar-refractivity contribution in [2.45, 2.75) is 13.3 Å². The fraction of sp³-hybridized carbons (Fsp3) is 0.125. The molecule has 0 radical (unpaired) electrons. The quantitative estimate of drug-likeness (QED) is 0.724. The number of fused-ring (bicyclic) bond motifs is 1. The van der Waals surface area contributed by atoms with Crippen LogP contribution in [-0.2, 0) is 11.2 Å². The SMILES string of the molecule is Cc1cc(NC(=O)Cc2c[nH]c3ccccc23)cnc1Cl. The number of hydrogen-bond donors (Lipinski definition) is 2. The number of para-hydroxylation sites is 1. The van der Waals surface area contributed by atoms with Crippen LogP contribution in [0, 0.1) is 6.92 Å². The Labute approximate surface area is 127 Å². The second-order valence-corrected chi connectivity index (χ2v) is 5.27. The number of rotatable bonds is 3. The molecule has 0 aliphatic rings. The van der Waals surface area contributed by atoms with Gasteiger partial charge >= 0.3 is 0 Å². The van der Waals surface area contributed by atoms with Crippen LogP contribution in [0.4, 0.5) is 5.69 Å². The second kappa shape index (κ2) is 5.58. The van der Waals surface area contributed by atoms with Crippen LogP contribution >= 0.6 is 11.6 Å². The smallest absolute Gasteiger partial charge is 0.228 e. The average molecular weight is 300 g/mol. The van der Waals surface area contributed by atoms with Gasteiger partial charge in [0.1, 0.15) is 5.15 Å². The van der Waals surface area contributed by atoms with Crippen LogP contribution in [0.2, 0.25) is 5.15 Å². The van der Waals surface area contributed by atoms with E-state index in [1.165, 1.54) is 0 Å². The van der Waals surface area contributed by atoms with Crippen molar-refractivity contribution in [2.24, 2.45) is 0 Å². The van der Waals surface area contributed by atoms with E-state index in [1.807, 2.05) is 43.5 Å². The first kappa shape index (κ1) is 13.6. The van der Waals surface area contributed by atoms with E-state index in [1.54, 1.807) is 6.20 Å². The lowest BCUT2D eigenvalue weighted by Gasteiger charge is -2.06. The Morgan fingerprint density at radius 3 is 3.00 bits per heavy atom. The van der Waals surface area contributed by atoms with Gasteiger partial charge in [-0.05, 0) is 30.2 Å². The number of aromatic nitrogens is 2. The van der Waals surface area contributed by atoms with Gasteiger partial charge in [-0.15, -0.1) is 0 Å². The Morgan fingerprint density at radius 2 is 2.19 bits per heavy atom. The molecule has 2 aromatic heterocycles. The zero-order valence-electron chi connectivity index (χ0n) is 11.5. The highest BCUT2D eigenvalue weighted by molar-refractivity contribution is 6.30.